The van der Waals surface area contributed by atoms with Gasteiger partial charge in [0.2, 0.25) is 15.9 Å². The zero-order valence-electron chi connectivity index (χ0n) is 12.1. The number of hydrogen-bond donors (Lipinski definition) is 1. The van der Waals surface area contributed by atoms with E-state index in [2.05, 4.69) is 4.72 Å². The molecule has 0 radical (unpaired) electrons. The first-order valence-electron chi connectivity index (χ1n) is 7.40. The quantitative estimate of drug-likeness (QED) is 0.929. The predicted octanol–water partition coefficient (Wildman–Crippen LogP) is 2.42. The van der Waals surface area contributed by atoms with Crippen molar-refractivity contribution in [1.82, 2.24) is 0 Å². The van der Waals surface area contributed by atoms with Gasteiger partial charge in [0.1, 0.15) is 0 Å². The van der Waals surface area contributed by atoms with Crippen LogP contribution in [0.3, 0.4) is 0 Å². The summed E-state index contributed by atoms with van der Waals surface area (Å²) >= 11 is 0. The van der Waals surface area contributed by atoms with Crippen LogP contribution in [0.15, 0.2) is 18.2 Å². The Bertz CT molecular complexity index is 665. The maximum atomic E-state index is 12.0. The number of anilines is 2. The largest absolute Gasteiger partial charge is 0.312 e. The molecule has 0 unspecified atom stereocenters. The van der Waals surface area contributed by atoms with Crippen molar-refractivity contribution in [2.24, 2.45) is 0 Å². The number of benzene rings is 1. The number of piperidine rings is 1. The third-order valence-electron chi connectivity index (χ3n) is 4.05. The SMILES string of the molecule is Cc1ccc(NS(=O)(=O)C2CC2)cc1N1CCCCC1=O. The lowest BCUT2D eigenvalue weighted by atomic mass is 10.1. The van der Waals surface area contributed by atoms with Crippen molar-refractivity contribution in [3.63, 3.8) is 0 Å². The van der Waals surface area contributed by atoms with Crippen molar-refractivity contribution in [3.05, 3.63) is 23.8 Å². The number of hydrogen-bond acceptors (Lipinski definition) is 3. The van der Waals surface area contributed by atoms with Gasteiger partial charge in [-0.3, -0.25) is 9.52 Å². The number of nitrogens with zero attached hydrogens (tertiary/aromatic N) is 1. The minimum atomic E-state index is -3.27. The van der Waals surface area contributed by atoms with Gasteiger partial charge in [0.05, 0.1) is 10.9 Å². The number of nitrogens with one attached hydrogen (secondary N) is 1. The van der Waals surface area contributed by atoms with E-state index in [-0.39, 0.29) is 11.2 Å². The van der Waals surface area contributed by atoms with Crippen LogP contribution in [0.4, 0.5) is 11.4 Å². The first-order chi connectivity index (χ1) is 9.97. The van der Waals surface area contributed by atoms with Crippen LogP contribution < -0.4 is 9.62 Å². The number of rotatable bonds is 4. The lowest BCUT2D eigenvalue weighted by Crippen LogP contribution is -2.35. The van der Waals surface area contributed by atoms with Crippen LogP contribution in [0.1, 0.15) is 37.7 Å². The average Bonchev–Trinajstić information content (AvgIpc) is 3.26. The van der Waals surface area contributed by atoms with E-state index in [1.54, 1.807) is 17.0 Å². The molecule has 5 nitrogen and oxygen atoms in total. The summed E-state index contributed by atoms with van der Waals surface area (Å²) in [4.78, 5) is 13.8. The van der Waals surface area contributed by atoms with Crippen LogP contribution in [0.2, 0.25) is 0 Å². The molecule has 1 aliphatic carbocycles. The Morgan fingerprint density at radius 1 is 1.24 bits per heavy atom. The maximum absolute atomic E-state index is 12.0. The molecular weight excluding hydrogens is 288 g/mol. The first kappa shape index (κ1) is 14.4. The second kappa shape index (κ2) is 5.33. The van der Waals surface area contributed by atoms with Gasteiger partial charge < -0.3 is 4.90 Å². The van der Waals surface area contributed by atoms with E-state index in [1.165, 1.54) is 0 Å². The first-order valence-corrected chi connectivity index (χ1v) is 8.95. The standard InChI is InChI=1S/C15H20N2O3S/c1-11-5-6-12(16-21(19,20)13-7-8-13)10-14(11)17-9-3-2-4-15(17)18/h5-6,10,13,16H,2-4,7-9H2,1H3. The number of sulfonamides is 1. The van der Waals surface area contributed by atoms with Crippen LogP contribution in [0, 0.1) is 6.92 Å². The molecule has 0 atom stereocenters. The molecule has 1 heterocycles. The molecular formula is C15H20N2O3S. The minimum Gasteiger partial charge on any atom is -0.312 e. The van der Waals surface area contributed by atoms with Gasteiger partial charge in [-0.1, -0.05) is 6.07 Å². The van der Waals surface area contributed by atoms with Crippen LogP contribution in [0.25, 0.3) is 0 Å². The average molecular weight is 308 g/mol. The van der Waals surface area contributed by atoms with Gasteiger partial charge in [-0.25, -0.2) is 8.42 Å². The normalized spacial score (nSPS) is 19.7. The van der Waals surface area contributed by atoms with Gasteiger partial charge in [0, 0.05) is 18.7 Å². The minimum absolute atomic E-state index is 0.117. The van der Waals surface area contributed by atoms with Crippen LogP contribution in [-0.4, -0.2) is 26.1 Å². The zero-order valence-corrected chi connectivity index (χ0v) is 12.9. The van der Waals surface area contributed by atoms with Crippen molar-refractivity contribution < 1.29 is 13.2 Å². The van der Waals surface area contributed by atoms with Crippen LogP contribution in [-0.2, 0) is 14.8 Å². The fraction of sp³-hybridized carbons (Fsp3) is 0.533. The highest BCUT2D eigenvalue weighted by molar-refractivity contribution is 7.93. The van der Waals surface area contributed by atoms with Crippen LogP contribution in [0.5, 0.6) is 0 Å². The summed E-state index contributed by atoms with van der Waals surface area (Å²) in [7, 11) is -3.27. The molecule has 1 N–H and O–H groups in total. The number of carbonyl (C=O) groups is 1. The smallest absolute Gasteiger partial charge is 0.235 e. The van der Waals surface area contributed by atoms with Gasteiger partial charge >= 0.3 is 0 Å². The maximum Gasteiger partial charge on any atom is 0.235 e. The molecule has 1 aromatic carbocycles. The Morgan fingerprint density at radius 2 is 2.00 bits per heavy atom. The summed E-state index contributed by atoms with van der Waals surface area (Å²) in [6.45, 7) is 2.65. The van der Waals surface area contributed by atoms with E-state index in [0.29, 0.717) is 18.7 Å². The molecule has 1 saturated carbocycles. The van der Waals surface area contributed by atoms with E-state index in [0.717, 1.165) is 36.9 Å². The monoisotopic (exact) mass is 308 g/mol. The van der Waals surface area contributed by atoms with E-state index < -0.39 is 10.0 Å². The summed E-state index contributed by atoms with van der Waals surface area (Å²) < 4.78 is 26.7. The molecule has 3 rings (SSSR count). The predicted molar refractivity (Wildman–Crippen MR) is 82.9 cm³/mol. The van der Waals surface area contributed by atoms with Gasteiger partial charge in [0.15, 0.2) is 0 Å². The second-order valence-electron chi connectivity index (χ2n) is 5.85. The molecule has 21 heavy (non-hydrogen) atoms. The highest BCUT2D eigenvalue weighted by Gasteiger charge is 2.35. The molecule has 1 saturated heterocycles. The summed E-state index contributed by atoms with van der Waals surface area (Å²) in [6.07, 6.45) is 3.96. The fourth-order valence-corrected chi connectivity index (χ4v) is 4.03. The van der Waals surface area contributed by atoms with E-state index >= 15 is 0 Å². The molecule has 2 fully saturated rings. The third kappa shape index (κ3) is 3.05. The number of amides is 1. The van der Waals surface area contributed by atoms with Gasteiger partial charge in [-0.15, -0.1) is 0 Å². The molecule has 2 aliphatic rings. The topological polar surface area (TPSA) is 66.5 Å². The van der Waals surface area contributed by atoms with Crippen molar-refractivity contribution in [2.75, 3.05) is 16.2 Å². The highest BCUT2D eigenvalue weighted by Crippen LogP contribution is 2.32. The Morgan fingerprint density at radius 3 is 2.67 bits per heavy atom. The van der Waals surface area contributed by atoms with Gasteiger partial charge in [-0.2, -0.15) is 0 Å². The Kier molecular flexibility index (Phi) is 3.65. The van der Waals surface area contributed by atoms with Crippen molar-refractivity contribution in [1.29, 1.82) is 0 Å². The van der Waals surface area contributed by atoms with Gasteiger partial charge in [0.25, 0.3) is 0 Å². The van der Waals surface area contributed by atoms with E-state index in [1.807, 2.05) is 13.0 Å². The summed E-state index contributed by atoms with van der Waals surface area (Å²) in [5.41, 5.74) is 2.34. The number of aryl methyl sites for hydroxylation is 1. The van der Waals surface area contributed by atoms with E-state index in [4.69, 9.17) is 0 Å². The van der Waals surface area contributed by atoms with Crippen LogP contribution >= 0.6 is 0 Å². The molecule has 1 aromatic rings. The lowest BCUT2D eigenvalue weighted by Gasteiger charge is -2.28. The van der Waals surface area contributed by atoms with Crippen molar-refractivity contribution in [2.45, 2.75) is 44.3 Å². The molecule has 0 spiro atoms. The lowest BCUT2D eigenvalue weighted by molar-refractivity contribution is -0.119. The molecule has 0 aromatic heterocycles. The third-order valence-corrected chi connectivity index (χ3v) is 5.92. The van der Waals surface area contributed by atoms with Crippen molar-refractivity contribution in [3.8, 4) is 0 Å². The second-order valence-corrected chi connectivity index (χ2v) is 7.81. The molecule has 6 heteroatoms. The van der Waals surface area contributed by atoms with Gasteiger partial charge in [-0.05, 0) is 50.3 Å². The molecule has 1 aliphatic heterocycles. The molecule has 0 bridgehead atoms. The summed E-state index contributed by atoms with van der Waals surface area (Å²) in [5, 5.41) is -0.251. The zero-order chi connectivity index (χ0) is 15.0. The molecule has 114 valence electrons. The Labute approximate surface area is 125 Å². The highest BCUT2D eigenvalue weighted by atomic mass is 32.2. The van der Waals surface area contributed by atoms with E-state index in [9.17, 15) is 13.2 Å². The van der Waals surface area contributed by atoms with Crippen molar-refractivity contribution >= 4 is 27.3 Å². The fourth-order valence-electron chi connectivity index (χ4n) is 2.65. The Balaban J connectivity index is 1.87. The number of carbonyl (C=O) groups excluding carboxylic acids is 1. The molecule has 1 amide bonds. The summed E-state index contributed by atoms with van der Waals surface area (Å²) in [6, 6.07) is 5.40. The summed E-state index contributed by atoms with van der Waals surface area (Å²) in [5.74, 6) is 0.117. The Hall–Kier alpha value is -1.56.